The minimum atomic E-state index is -0.294. The number of rotatable bonds is 3. The van der Waals surface area contributed by atoms with Crippen molar-refractivity contribution in [2.75, 3.05) is 10.6 Å². The highest BCUT2D eigenvalue weighted by molar-refractivity contribution is 7.17. The molecule has 1 aliphatic carbocycles. The van der Waals surface area contributed by atoms with Gasteiger partial charge in [0.15, 0.2) is 10.9 Å². The van der Waals surface area contributed by atoms with Crippen LogP contribution in [0.5, 0.6) is 0 Å². The van der Waals surface area contributed by atoms with Crippen LogP contribution in [0, 0.1) is 0 Å². The van der Waals surface area contributed by atoms with Crippen LogP contribution in [0.25, 0.3) is 0 Å². The van der Waals surface area contributed by atoms with Crippen molar-refractivity contribution in [2.45, 2.75) is 26.2 Å². The monoisotopic (exact) mass is 329 g/mol. The molecule has 2 N–H and O–H groups in total. The quantitative estimate of drug-likeness (QED) is 0.906. The Labute approximate surface area is 136 Å². The summed E-state index contributed by atoms with van der Waals surface area (Å²) in [4.78, 5) is 40.0. The van der Waals surface area contributed by atoms with Gasteiger partial charge in [0.2, 0.25) is 5.91 Å². The first-order valence-corrected chi connectivity index (χ1v) is 8.06. The first-order chi connectivity index (χ1) is 11.0. The second-order valence-corrected chi connectivity index (χ2v) is 6.28. The van der Waals surface area contributed by atoms with Crippen LogP contribution in [-0.2, 0) is 11.2 Å². The smallest absolute Gasteiger partial charge is 0.257 e. The Balaban J connectivity index is 1.72. The molecule has 0 fully saturated rings. The first kappa shape index (κ1) is 15.4. The summed E-state index contributed by atoms with van der Waals surface area (Å²) < 4.78 is 0. The third kappa shape index (κ3) is 3.45. The van der Waals surface area contributed by atoms with E-state index in [1.807, 2.05) is 0 Å². The normalized spacial score (nSPS) is 13.3. The number of ketones is 1. The molecule has 2 amide bonds. The van der Waals surface area contributed by atoms with Crippen molar-refractivity contribution in [1.29, 1.82) is 0 Å². The van der Waals surface area contributed by atoms with Crippen LogP contribution in [0.15, 0.2) is 24.3 Å². The van der Waals surface area contributed by atoms with Gasteiger partial charge < -0.3 is 5.32 Å². The molecule has 0 bridgehead atoms. The summed E-state index contributed by atoms with van der Waals surface area (Å²) in [6, 6.07) is 6.57. The van der Waals surface area contributed by atoms with Gasteiger partial charge in [0.1, 0.15) is 0 Å². The van der Waals surface area contributed by atoms with Crippen LogP contribution < -0.4 is 10.6 Å². The lowest BCUT2D eigenvalue weighted by molar-refractivity contribution is -0.114. The van der Waals surface area contributed by atoms with Gasteiger partial charge in [-0.2, -0.15) is 0 Å². The molecule has 0 saturated carbocycles. The van der Waals surface area contributed by atoms with Gasteiger partial charge in [-0.1, -0.05) is 11.3 Å². The second kappa shape index (κ2) is 6.29. The Bertz CT molecular complexity index is 780. The molecule has 118 valence electrons. The Morgan fingerprint density at radius 1 is 1.13 bits per heavy atom. The molecular weight excluding hydrogens is 314 g/mol. The average molecular weight is 329 g/mol. The van der Waals surface area contributed by atoms with Crippen molar-refractivity contribution in [3.05, 3.63) is 40.4 Å². The highest BCUT2D eigenvalue weighted by atomic mass is 32.1. The van der Waals surface area contributed by atoms with E-state index in [1.54, 1.807) is 24.3 Å². The van der Waals surface area contributed by atoms with Crippen LogP contribution in [0.2, 0.25) is 0 Å². The molecule has 1 aromatic carbocycles. The number of anilines is 2. The highest BCUT2D eigenvalue weighted by Gasteiger charge is 2.22. The SMILES string of the molecule is CC(=O)Nc1ccc(C(=O)Nc2nc3c(s2)C(=O)CCC3)cc1. The number of hydrogen-bond acceptors (Lipinski definition) is 5. The van der Waals surface area contributed by atoms with E-state index in [1.165, 1.54) is 18.3 Å². The fourth-order valence-corrected chi connectivity index (χ4v) is 3.37. The predicted octanol–water partition coefficient (Wildman–Crippen LogP) is 2.87. The summed E-state index contributed by atoms with van der Waals surface area (Å²) in [5.41, 5.74) is 1.87. The van der Waals surface area contributed by atoms with E-state index in [2.05, 4.69) is 15.6 Å². The fraction of sp³-hybridized carbons (Fsp3) is 0.250. The molecule has 1 aromatic heterocycles. The van der Waals surface area contributed by atoms with Crippen molar-refractivity contribution in [1.82, 2.24) is 4.98 Å². The number of aromatic nitrogens is 1. The number of aryl methyl sites for hydroxylation is 1. The second-order valence-electron chi connectivity index (χ2n) is 5.28. The van der Waals surface area contributed by atoms with Gasteiger partial charge in [0.05, 0.1) is 10.6 Å². The largest absolute Gasteiger partial charge is 0.326 e. The number of fused-ring (bicyclic) bond motifs is 1. The summed E-state index contributed by atoms with van der Waals surface area (Å²) in [6.45, 7) is 1.42. The zero-order chi connectivity index (χ0) is 16.4. The lowest BCUT2D eigenvalue weighted by Crippen LogP contribution is -2.12. The molecule has 0 aliphatic heterocycles. The van der Waals surface area contributed by atoms with Crippen LogP contribution >= 0.6 is 11.3 Å². The third-order valence-corrected chi connectivity index (χ3v) is 4.51. The van der Waals surface area contributed by atoms with Crippen molar-refractivity contribution in [2.24, 2.45) is 0 Å². The molecule has 3 rings (SSSR count). The molecule has 2 aromatic rings. The van der Waals surface area contributed by atoms with Crippen molar-refractivity contribution in [3.8, 4) is 0 Å². The Morgan fingerprint density at radius 2 is 1.87 bits per heavy atom. The molecule has 0 spiro atoms. The van der Waals surface area contributed by atoms with E-state index in [4.69, 9.17) is 0 Å². The maximum atomic E-state index is 12.2. The molecule has 1 heterocycles. The van der Waals surface area contributed by atoms with Crippen molar-refractivity contribution in [3.63, 3.8) is 0 Å². The summed E-state index contributed by atoms with van der Waals surface area (Å²) >= 11 is 1.23. The first-order valence-electron chi connectivity index (χ1n) is 7.25. The summed E-state index contributed by atoms with van der Waals surface area (Å²) in [5, 5.41) is 5.81. The summed E-state index contributed by atoms with van der Waals surface area (Å²) in [6.07, 6.45) is 2.14. The maximum Gasteiger partial charge on any atom is 0.257 e. The molecule has 0 radical (unpaired) electrons. The molecule has 1 aliphatic rings. The van der Waals surface area contributed by atoms with Gasteiger partial charge in [-0.05, 0) is 37.1 Å². The Kier molecular flexibility index (Phi) is 4.20. The summed E-state index contributed by atoms with van der Waals surface area (Å²) in [7, 11) is 0. The lowest BCUT2D eigenvalue weighted by Gasteiger charge is -2.05. The number of benzene rings is 1. The molecule has 0 unspecified atom stereocenters. The van der Waals surface area contributed by atoms with Crippen molar-refractivity contribution >= 4 is 39.8 Å². The average Bonchev–Trinajstić information content (AvgIpc) is 2.91. The molecule has 7 heteroatoms. The van der Waals surface area contributed by atoms with Gasteiger partial charge in [0, 0.05) is 24.6 Å². The van der Waals surface area contributed by atoms with Crippen molar-refractivity contribution < 1.29 is 14.4 Å². The predicted molar refractivity (Wildman–Crippen MR) is 88.1 cm³/mol. The number of thiazole rings is 1. The highest BCUT2D eigenvalue weighted by Crippen LogP contribution is 2.29. The Morgan fingerprint density at radius 3 is 2.52 bits per heavy atom. The number of carbonyl (C=O) groups excluding carboxylic acids is 3. The van der Waals surface area contributed by atoms with Gasteiger partial charge in [-0.25, -0.2) is 4.98 Å². The standard InChI is InChI=1S/C16H15N3O3S/c1-9(20)17-11-7-5-10(6-8-11)15(22)19-16-18-12-3-2-4-13(21)14(12)23-16/h5-8H,2-4H2,1H3,(H,17,20)(H,18,19,22). The number of nitrogens with zero attached hydrogens (tertiary/aromatic N) is 1. The number of nitrogens with one attached hydrogen (secondary N) is 2. The maximum absolute atomic E-state index is 12.2. The molecule has 0 saturated heterocycles. The molecule has 6 nitrogen and oxygen atoms in total. The van der Waals surface area contributed by atoms with E-state index in [0.29, 0.717) is 27.7 Å². The van der Waals surface area contributed by atoms with Gasteiger partial charge >= 0.3 is 0 Å². The summed E-state index contributed by atoms with van der Waals surface area (Å²) in [5.74, 6) is -0.359. The number of carbonyl (C=O) groups is 3. The van der Waals surface area contributed by atoms with E-state index >= 15 is 0 Å². The number of amides is 2. The third-order valence-electron chi connectivity index (χ3n) is 3.46. The zero-order valence-corrected chi connectivity index (χ0v) is 13.3. The minimum absolute atomic E-state index is 0.101. The van der Waals surface area contributed by atoms with E-state index in [9.17, 15) is 14.4 Å². The lowest BCUT2D eigenvalue weighted by atomic mass is 10.0. The molecule has 23 heavy (non-hydrogen) atoms. The van der Waals surface area contributed by atoms with Gasteiger partial charge in [-0.15, -0.1) is 0 Å². The molecular formula is C16H15N3O3S. The number of hydrogen-bond donors (Lipinski definition) is 2. The number of Topliss-reactive ketones (excluding diaryl/α,β-unsaturated/α-hetero) is 1. The van der Waals surface area contributed by atoms with Crippen LogP contribution in [-0.4, -0.2) is 22.6 Å². The zero-order valence-electron chi connectivity index (χ0n) is 12.5. The van der Waals surface area contributed by atoms with Gasteiger partial charge in [0.25, 0.3) is 5.91 Å². The minimum Gasteiger partial charge on any atom is -0.326 e. The van der Waals surface area contributed by atoms with Crippen LogP contribution in [0.3, 0.4) is 0 Å². The van der Waals surface area contributed by atoms with E-state index in [0.717, 1.165) is 18.5 Å². The molecule has 0 atom stereocenters. The van der Waals surface area contributed by atoms with Crippen LogP contribution in [0.1, 0.15) is 45.5 Å². The Hall–Kier alpha value is -2.54. The van der Waals surface area contributed by atoms with Gasteiger partial charge in [-0.3, -0.25) is 19.7 Å². The van der Waals surface area contributed by atoms with E-state index in [-0.39, 0.29) is 17.6 Å². The topological polar surface area (TPSA) is 88.2 Å². The van der Waals surface area contributed by atoms with Crippen LogP contribution in [0.4, 0.5) is 10.8 Å². The van der Waals surface area contributed by atoms with E-state index < -0.39 is 0 Å². The fourth-order valence-electron chi connectivity index (χ4n) is 2.40.